The van der Waals surface area contributed by atoms with Crippen molar-refractivity contribution in [3.8, 4) is 0 Å². The van der Waals surface area contributed by atoms with Gasteiger partial charge in [-0.3, -0.25) is 9.59 Å². The Morgan fingerprint density at radius 2 is 1.87 bits per heavy atom. The minimum absolute atomic E-state index is 0.0437. The molecule has 4 fully saturated rings. The number of hydrogen-bond donors (Lipinski definition) is 3. The number of anilines is 1. The Kier molecular flexibility index (Phi) is 8.09. The van der Waals surface area contributed by atoms with Gasteiger partial charge in [-0.15, -0.1) is 0 Å². The molecule has 1 saturated heterocycles. The van der Waals surface area contributed by atoms with E-state index in [1.807, 2.05) is 49.4 Å². The summed E-state index contributed by atoms with van der Waals surface area (Å²) in [6, 6.07) is 13.8. The third-order valence-corrected chi connectivity index (χ3v) is 13.0. The lowest BCUT2D eigenvalue weighted by molar-refractivity contribution is -0.231. The smallest absolute Gasteiger partial charge is 0.193 e. The number of aliphatic hydroxyl groups is 2. The molecule has 3 N–H and O–H groups in total. The highest BCUT2D eigenvalue weighted by Crippen LogP contribution is 2.72. The minimum atomic E-state index is -2.04. The lowest BCUT2D eigenvalue weighted by Crippen LogP contribution is -2.69. The van der Waals surface area contributed by atoms with E-state index in [0.717, 1.165) is 21.0 Å². The van der Waals surface area contributed by atoms with Gasteiger partial charge in [0.05, 0.1) is 22.9 Å². The van der Waals surface area contributed by atoms with Crippen molar-refractivity contribution in [1.82, 2.24) is 0 Å². The summed E-state index contributed by atoms with van der Waals surface area (Å²) in [4.78, 5) is 28.0. The Morgan fingerprint density at radius 1 is 1.15 bits per heavy atom. The summed E-state index contributed by atoms with van der Waals surface area (Å²) < 4.78 is 30.8. The topological polar surface area (TPSA) is 105 Å². The first-order chi connectivity index (χ1) is 22.3. The zero-order valence-electron chi connectivity index (χ0n) is 27.0. The number of allylic oxidation sites excluding steroid dienone is 4. The van der Waals surface area contributed by atoms with E-state index in [-0.39, 0.29) is 24.2 Å². The van der Waals surface area contributed by atoms with Crippen molar-refractivity contribution in [3.05, 3.63) is 76.9 Å². The lowest BCUT2D eigenvalue weighted by Gasteiger charge is -2.62. The Balaban J connectivity index is 1.16. The molecule has 2 aromatic rings. The van der Waals surface area contributed by atoms with Gasteiger partial charge < -0.3 is 25.0 Å². The first-order valence-corrected chi connectivity index (χ1v) is 17.6. The molecular formula is C37H41ClFNO6S. The van der Waals surface area contributed by atoms with Crippen LogP contribution in [0.2, 0.25) is 5.02 Å². The summed E-state index contributed by atoms with van der Waals surface area (Å²) in [6.45, 7) is 7.02. The summed E-state index contributed by atoms with van der Waals surface area (Å²) in [7, 11) is 0. The number of halogens is 2. The van der Waals surface area contributed by atoms with E-state index < -0.39 is 58.9 Å². The van der Waals surface area contributed by atoms with Crippen molar-refractivity contribution in [2.75, 3.05) is 11.9 Å². The molecule has 0 bridgehead atoms. The second kappa shape index (κ2) is 11.5. The molecule has 250 valence electrons. The van der Waals surface area contributed by atoms with Crippen LogP contribution in [0.1, 0.15) is 65.2 Å². The third-order valence-electron chi connectivity index (χ3n) is 11.7. The fourth-order valence-corrected chi connectivity index (χ4v) is 10.6. The molecule has 2 aromatic carbocycles. The Bertz CT molecular complexity index is 1680. The van der Waals surface area contributed by atoms with Crippen LogP contribution in [0.4, 0.5) is 10.1 Å². The Hall–Kier alpha value is -2.53. The maximum atomic E-state index is 17.6. The Labute approximate surface area is 283 Å². The van der Waals surface area contributed by atoms with Crippen LogP contribution in [0, 0.1) is 22.7 Å². The first kappa shape index (κ1) is 33.0. The van der Waals surface area contributed by atoms with Gasteiger partial charge in [0.2, 0.25) is 0 Å². The van der Waals surface area contributed by atoms with E-state index in [0.29, 0.717) is 29.9 Å². The SMILES string of the molecule is CC(C)Nc1cc(Sc2ccc([C@@H]3O[C@@H]4C[C@H]5[C@@H]6CCC7=CC(=O)C=C[C@]7(C)[C@@]6(F)[C@@H](O)C[C@]5(C)[C@]4(C(=O)CO)O3)cc2)ccc1Cl. The predicted molar refractivity (Wildman–Crippen MR) is 178 cm³/mol. The largest absolute Gasteiger partial charge is 0.390 e. The van der Waals surface area contributed by atoms with Crippen LogP contribution < -0.4 is 5.32 Å². The fraction of sp³-hybridized carbons (Fsp3) is 0.514. The van der Waals surface area contributed by atoms with Gasteiger partial charge in [0.25, 0.3) is 0 Å². The number of nitrogens with one attached hydrogen (secondary N) is 1. The van der Waals surface area contributed by atoms with Crippen molar-refractivity contribution in [2.45, 2.75) is 99.0 Å². The van der Waals surface area contributed by atoms with Crippen LogP contribution in [-0.4, -0.2) is 57.9 Å². The van der Waals surface area contributed by atoms with Gasteiger partial charge in [0.15, 0.2) is 29.1 Å². The van der Waals surface area contributed by atoms with Crippen LogP contribution in [-0.2, 0) is 19.1 Å². The summed E-state index contributed by atoms with van der Waals surface area (Å²) in [5.74, 6) is -1.64. The van der Waals surface area contributed by atoms with Gasteiger partial charge in [0.1, 0.15) is 6.61 Å². The van der Waals surface area contributed by atoms with Crippen molar-refractivity contribution in [1.29, 1.82) is 0 Å². The van der Waals surface area contributed by atoms with Gasteiger partial charge in [-0.25, -0.2) is 4.39 Å². The summed E-state index contributed by atoms with van der Waals surface area (Å²) in [6.07, 6.45) is 2.77. The number of carbonyl (C=O) groups excluding carboxylic acids is 2. The standard InChI is InChI=1S/C37H41ClFNO6S/c1-20(2)40-29-16-25(10-12-28(29)38)47-24-8-5-21(6-9-24)33-45-32-17-27-26-11-7-22-15-23(42)13-14-34(22,3)36(26,39)30(43)18-35(27,4)37(32,46-33)31(44)19-41/h5-6,8-10,12-16,20,26-27,30,32-33,40-41,43H,7,11,17-19H2,1-4H3/t26-,27-,30-,32+,33+,34-,35-,36-,37+/m0/s1. The van der Waals surface area contributed by atoms with E-state index in [9.17, 15) is 19.8 Å². The number of ether oxygens (including phenoxy) is 2. The molecule has 5 aliphatic rings. The second-order valence-corrected chi connectivity index (χ2v) is 16.1. The summed E-state index contributed by atoms with van der Waals surface area (Å²) in [5, 5.41) is 26.0. The number of rotatable bonds is 7. The van der Waals surface area contributed by atoms with Gasteiger partial charge in [-0.05, 0) is 94.9 Å². The monoisotopic (exact) mass is 681 g/mol. The highest BCUT2D eigenvalue weighted by atomic mass is 35.5. The fourth-order valence-electron chi connectivity index (χ4n) is 9.54. The van der Waals surface area contributed by atoms with Gasteiger partial charge in [-0.1, -0.05) is 54.1 Å². The lowest BCUT2D eigenvalue weighted by atomic mass is 9.44. The van der Waals surface area contributed by atoms with E-state index in [4.69, 9.17) is 21.1 Å². The van der Waals surface area contributed by atoms with E-state index in [1.165, 1.54) is 12.2 Å². The van der Waals surface area contributed by atoms with Crippen LogP contribution in [0.25, 0.3) is 0 Å². The molecule has 0 unspecified atom stereocenters. The maximum absolute atomic E-state index is 17.6. The predicted octanol–water partition coefficient (Wildman–Crippen LogP) is 7.01. The highest BCUT2D eigenvalue weighted by Gasteiger charge is 2.79. The van der Waals surface area contributed by atoms with Crippen LogP contribution in [0.15, 0.2) is 76.1 Å². The number of carbonyl (C=O) groups is 2. The van der Waals surface area contributed by atoms with Gasteiger partial charge in [-0.2, -0.15) is 0 Å². The molecular weight excluding hydrogens is 641 g/mol. The minimum Gasteiger partial charge on any atom is -0.390 e. The molecule has 1 heterocycles. The molecule has 7 rings (SSSR count). The average molecular weight is 682 g/mol. The Morgan fingerprint density at radius 3 is 2.57 bits per heavy atom. The van der Waals surface area contributed by atoms with E-state index in [2.05, 4.69) is 19.2 Å². The summed E-state index contributed by atoms with van der Waals surface area (Å²) >= 11 is 7.96. The quantitative estimate of drug-likeness (QED) is 0.287. The average Bonchev–Trinajstić information content (AvgIpc) is 3.53. The molecule has 10 heteroatoms. The van der Waals surface area contributed by atoms with Crippen molar-refractivity contribution < 1.29 is 33.7 Å². The van der Waals surface area contributed by atoms with Crippen molar-refractivity contribution >= 4 is 40.6 Å². The summed E-state index contributed by atoms with van der Waals surface area (Å²) in [5.41, 5.74) is -3.43. The van der Waals surface area contributed by atoms with Crippen LogP contribution >= 0.6 is 23.4 Å². The van der Waals surface area contributed by atoms with E-state index in [1.54, 1.807) is 24.8 Å². The number of ketones is 2. The number of aliphatic hydroxyl groups excluding tert-OH is 2. The molecule has 7 nitrogen and oxygen atoms in total. The normalized spacial score (nSPS) is 38.8. The van der Waals surface area contributed by atoms with E-state index >= 15 is 4.39 Å². The molecule has 0 spiro atoms. The molecule has 1 aliphatic heterocycles. The number of fused-ring (bicyclic) bond motifs is 7. The first-order valence-electron chi connectivity index (χ1n) is 16.4. The number of benzene rings is 2. The van der Waals surface area contributed by atoms with Crippen molar-refractivity contribution in [2.24, 2.45) is 22.7 Å². The molecule has 0 aromatic heterocycles. The third kappa shape index (κ3) is 4.75. The molecule has 47 heavy (non-hydrogen) atoms. The zero-order valence-corrected chi connectivity index (χ0v) is 28.5. The number of Topliss-reactive ketones (excluding diaryl/α,β-unsaturated/α-hetero) is 1. The maximum Gasteiger partial charge on any atom is 0.193 e. The van der Waals surface area contributed by atoms with Crippen molar-refractivity contribution in [3.63, 3.8) is 0 Å². The van der Waals surface area contributed by atoms with Crippen LogP contribution in [0.5, 0.6) is 0 Å². The zero-order chi connectivity index (χ0) is 33.5. The number of hydrogen-bond acceptors (Lipinski definition) is 8. The number of alkyl halides is 1. The van der Waals surface area contributed by atoms with Gasteiger partial charge >= 0.3 is 0 Å². The molecule has 4 aliphatic carbocycles. The molecule has 3 saturated carbocycles. The van der Waals surface area contributed by atoms with Crippen LogP contribution in [0.3, 0.4) is 0 Å². The molecule has 9 atom stereocenters. The van der Waals surface area contributed by atoms with Gasteiger partial charge in [0, 0.05) is 38.1 Å². The molecule has 0 amide bonds. The highest BCUT2D eigenvalue weighted by molar-refractivity contribution is 7.99. The molecule has 0 radical (unpaired) electrons. The second-order valence-electron chi connectivity index (χ2n) is 14.5.